The van der Waals surface area contributed by atoms with Gasteiger partial charge in [0.05, 0.1) is 23.3 Å². The highest BCUT2D eigenvalue weighted by Crippen LogP contribution is 2.30. The molecule has 3 aromatic rings. The molecule has 0 saturated heterocycles. The summed E-state index contributed by atoms with van der Waals surface area (Å²) in [4.78, 5) is 16.8. The number of aromatic nitrogens is 1. The van der Waals surface area contributed by atoms with E-state index >= 15 is 0 Å². The number of nitrogens with zero attached hydrogens (tertiary/aromatic N) is 1. The molecule has 0 fully saturated rings. The van der Waals surface area contributed by atoms with Gasteiger partial charge in [0.1, 0.15) is 0 Å². The molecule has 5 nitrogen and oxygen atoms in total. The molecule has 0 atom stereocenters. The molecule has 1 aromatic heterocycles. The number of unbranched alkanes of at least 4 members (excludes halogenated alkanes) is 10. The van der Waals surface area contributed by atoms with E-state index in [0.29, 0.717) is 18.1 Å². The molecule has 0 saturated carbocycles. The third-order valence-electron chi connectivity index (χ3n) is 7.01. The number of fused-ring (bicyclic) bond motifs is 2. The van der Waals surface area contributed by atoms with Gasteiger partial charge < -0.3 is 15.4 Å². The number of anilines is 1. The Morgan fingerprint density at radius 3 is 2.05 bits per heavy atom. The van der Waals surface area contributed by atoms with Crippen molar-refractivity contribution in [2.75, 3.05) is 30.0 Å². The lowest BCUT2D eigenvalue weighted by Crippen LogP contribution is -2.29. The van der Waals surface area contributed by atoms with Gasteiger partial charge in [0.25, 0.3) is 0 Å². The topological polar surface area (TPSA) is 63.2 Å². The normalized spacial score (nSPS) is 11.1. The van der Waals surface area contributed by atoms with Gasteiger partial charge in [0, 0.05) is 35.2 Å². The molecule has 0 aliphatic heterocycles. The quantitative estimate of drug-likeness (QED) is 0.0405. The number of ether oxygens (including phenoxy) is 1. The second kappa shape index (κ2) is 20.8. The summed E-state index contributed by atoms with van der Waals surface area (Å²) in [5.41, 5.74) is 2.89. The van der Waals surface area contributed by atoms with Gasteiger partial charge in [-0.25, -0.2) is 4.98 Å². The molecular weight excluding hydrogens is 567 g/mol. The molecule has 0 bridgehead atoms. The number of nitrogens with one attached hydrogen (secondary N) is 2. The van der Waals surface area contributed by atoms with E-state index in [9.17, 15) is 4.79 Å². The Kier molecular flexibility index (Phi) is 17.0. The number of hydrogen-bond acceptors (Lipinski definition) is 6. The Balaban J connectivity index is 1.16. The van der Waals surface area contributed by atoms with Crippen molar-refractivity contribution in [3.63, 3.8) is 0 Å². The number of para-hydroxylation sites is 2. The van der Waals surface area contributed by atoms with Crippen LogP contribution >= 0.6 is 33.8 Å². The predicted molar refractivity (Wildman–Crippen MR) is 185 cm³/mol. The summed E-state index contributed by atoms with van der Waals surface area (Å²) in [5.74, 6) is 2.45. The van der Waals surface area contributed by atoms with Crippen LogP contribution in [0.3, 0.4) is 0 Å². The van der Waals surface area contributed by atoms with E-state index in [-0.39, 0.29) is 5.97 Å². The van der Waals surface area contributed by atoms with Crippen LogP contribution in [-0.2, 0) is 9.53 Å². The fourth-order valence-corrected chi connectivity index (χ4v) is 6.82. The standard InChI is InChI=1S/C33H47N3O2S3/c1-2-40-41-26-18-10-6-4-3-5-7-11-23-31(37)38-25-17-9-8-16-24-34-33(39)36-32-27-19-12-14-21-29(27)35-30-22-15-13-20-28(30)32/h12-15,19-22H,2-11,16-18,23-26H2,1H3,(H2,34,35,36,39). The lowest BCUT2D eigenvalue weighted by molar-refractivity contribution is -0.143. The minimum atomic E-state index is -0.0401. The molecule has 0 spiro atoms. The predicted octanol–water partition coefficient (Wildman–Crippen LogP) is 9.69. The zero-order valence-electron chi connectivity index (χ0n) is 24.6. The molecule has 41 heavy (non-hydrogen) atoms. The Morgan fingerprint density at radius 1 is 0.780 bits per heavy atom. The SMILES string of the molecule is CCSSCCCCCCCCCCC(=O)OCCCCCCNC(=S)Nc1c2ccccc2nc2ccccc12. The minimum Gasteiger partial charge on any atom is -0.466 e. The number of hydrogen-bond donors (Lipinski definition) is 2. The van der Waals surface area contributed by atoms with E-state index < -0.39 is 0 Å². The Hall–Kier alpha value is -2.03. The minimum absolute atomic E-state index is 0.0401. The van der Waals surface area contributed by atoms with Gasteiger partial charge in [0.2, 0.25) is 0 Å². The molecular formula is C33H47N3O2S3. The zero-order valence-corrected chi connectivity index (χ0v) is 27.1. The van der Waals surface area contributed by atoms with E-state index in [4.69, 9.17) is 21.9 Å². The smallest absolute Gasteiger partial charge is 0.305 e. The van der Waals surface area contributed by atoms with Gasteiger partial charge in [-0.05, 0) is 56.5 Å². The summed E-state index contributed by atoms with van der Waals surface area (Å²) in [6.07, 6.45) is 14.6. The van der Waals surface area contributed by atoms with Crippen LogP contribution in [0.4, 0.5) is 5.69 Å². The largest absolute Gasteiger partial charge is 0.466 e. The van der Waals surface area contributed by atoms with Crippen LogP contribution in [0, 0.1) is 0 Å². The van der Waals surface area contributed by atoms with Crippen LogP contribution in [0.2, 0.25) is 0 Å². The second-order valence-electron chi connectivity index (χ2n) is 10.3. The van der Waals surface area contributed by atoms with Gasteiger partial charge in [0.15, 0.2) is 5.11 Å². The van der Waals surface area contributed by atoms with E-state index in [1.807, 2.05) is 58.0 Å². The maximum Gasteiger partial charge on any atom is 0.305 e. The van der Waals surface area contributed by atoms with E-state index in [1.165, 1.54) is 50.0 Å². The van der Waals surface area contributed by atoms with Crippen LogP contribution in [0.15, 0.2) is 48.5 Å². The Morgan fingerprint density at radius 2 is 1.37 bits per heavy atom. The molecule has 0 radical (unpaired) electrons. The van der Waals surface area contributed by atoms with Crippen molar-refractivity contribution >= 4 is 72.4 Å². The first-order chi connectivity index (χ1) is 20.2. The summed E-state index contributed by atoms with van der Waals surface area (Å²) in [6.45, 7) is 3.55. The van der Waals surface area contributed by atoms with Gasteiger partial charge in [-0.1, -0.05) is 110 Å². The molecule has 224 valence electrons. The number of benzene rings is 2. The first-order valence-electron chi connectivity index (χ1n) is 15.4. The summed E-state index contributed by atoms with van der Waals surface area (Å²) in [7, 11) is 3.97. The van der Waals surface area contributed by atoms with Crippen molar-refractivity contribution in [3.8, 4) is 0 Å². The van der Waals surface area contributed by atoms with Crippen LogP contribution in [-0.4, -0.2) is 40.7 Å². The van der Waals surface area contributed by atoms with Crippen LogP contribution in [0.25, 0.3) is 21.8 Å². The van der Waals surface area contributed by atoms with E-state index in [1.54, 1.807) is 0 Å². The number of carbonyl (C=O) groups excluding carboxylic acids is 1. The third kappa shape index (κ3) is 13.2. The lowest BCUT2D eigenvalue weighted by atomic mass is 10.1. The maximum atomic E-state index is 12.0. The van der Waals surface area contributed by atoms with Gasteiger partial charge in [-0.3, -0.25) is 4.79 Å². The second-order valence-corrected chi connectivity index (χ2v) is 13.6. The molecule has 3 rings (SSSR count). The zero-order chi connectivity index (χ0) is 29.0. The molecule has 2 N–H and O–H groups in total. The van der Waals surface area contributed by atoms with Crippen LogP contribution in [0.5, 0.6) is 0 Å². The number of esters is 1. The Labute approximate surface area is 260 Å². The first kappa shape index (κ1) is 33.5. The molecule has 1 heterocycles. The van der Waals surface area contributed by atoms with Crippen LogP contribution < -0.4 is 10.6 Å². The van der Waals surface area contributed by atoms with Gasteiger partial charge in [-0.15, -0.1) is 0 Å². The Bertz CT molecular complexity index is 1140. The van der Waals surface area contributed by atoms with Gasteiger partial charge in [-0.2, -0.15) is 0 Å². The van der Waals surface area contributed by atoms with E-state index in [2.05, 4.69) is 29.7 Å². The average molecular weight is 614 g/mol. The van der Waals surface area contributed by atoms with Gasteiger partial charge >= 0.3 is 5.97 Å². The van der Waals surface area contributed by atoms with Crippen molar-refractivity contribution in [2.24, 2.45) is 0 Å². The molecule has 0 aliphatic rings. The van der Waals surface area contributed by atoms with Crippen molar-refractivity contribution in [1.82, 2.24) is 10.3 Å². The fourth-order valence-electron chi connectivity index (χ4n) is 4.81. The highest BCUT2D eigenvalue weighted by molar-refractivity contribution is 8.76. The molecule has 8 heteroatoms. The molecule has 0 unspecified atom stereocenters. The summed E-state index contributed by atoms with van der Waals surface area (Å²) in [6, 6.07) is 16.3. The number of thiocarbonyl (C=S) groups is 1. The molecule has 0 amide bonds. The number of rotatable bonds is 21. The van der Waals surface area contributed by atoms with Crippen molar-refractivity contribution in [2.45, 2.75) is 90.4 Å². The third-order valence-corrected chi connectivity index (χ3v) is 9.82. The first-order valence-corrected chi connectivity index (χ1v) is 18.3. The number of carbonyl (C=O) groups is 1. The lowest BCUT2D eigenvalue weighted by Gasteiger charge is -2.15. The van der Waals surface area contributed by atoms with E-state index in [0.717, 1.165) is 72.6 Å². The molecule has 0 aliphatic carbocycles. The van der Waals surface area contributed by atoms with Crippen LogP contribution in [0.1, 0.15) is 90.4 Å². The monoisotopic (exact) mass is 613 g/mol. The summed E-state index contributed by atoms with van der Waals surface area (Å²) < 4.78 is 5.43. The average Bonchev–Trinajstić information content (AvgIpc) is 2.99. The molecule has 2 aromatic carbocycles. The highest BCUT2D eigenvalue weighted by atomic mass is 33.1. The number of pyridine rings is 1. The van der Waals surface area contributed by atoms with Crippen molar-refractivity contribution in [1.29, 1.82) is 0 Å². The van der Waals surface area contributed by atoms with Crippen molar-refractivity contribution in [3.05, 3.63) is 48.5 Å². The summed E-state index contributed by atoms with van der Waals surface area (Å²) >= 11 is 5.60. The fraction of sp³-hybridized carbons (Fsp3) is 0.545. The van der Waals surface area contributed by atoms with Crippen molar-refractivity contribution < 1.29 is 9.53 Å². The summed E-state index contributed by atoms with van der Waals surface area (Å²) in [5, 5.41) is 9.49. The maximum absolute atomic E-state index is 12.0. The highest BCUT2D eigenvalue weighted by Gasteiger charge is 2.10.